The van der Waals surface area contributed by atoms with Crippen molar-refractivity contribution in [3.05, 3.63) is 22.4 Å². The van der Waals surface area contributed by atoms with Gasteiger partial charge in [0.1, 0.15) is 6.54 Å². The number of nitrogens with one attached hydrogen (secondary N) is 2. The number of nitrogens with zero attached hydrogens (tertiary/aromatic N) is 1. The Bertz CT molecular complexity index is 530. The van der Waals surface area contributed by atoms with Gasteiger partial charge in [0.15, 0.2) is 0 Å². The summed E-state index contributed by atoms with van der Waals surface area (Å²) in [7, 11) is 0. The summed E-state index contributed by atoms with van der Waals surface area (Å²) in [6.45, 7) is 0.347. The van der Waals surface area contributed by atoms with E-state index >= 15 is 0 Å². The molecule has 1 saturated carbocycles. The van der Waals surface area contributed by atoms with Gasteiger partial charge in [0.2, 0.25) is 5.91 Å². The summed E-state index contributed by atoms with van der Waals surface area (Å²) in [5, 5.41) is 16.0. The van der Waals surface area contributed by atoms with E-state index in [1.54, 1.807) is 6.07 Å². The minimum Gasteiger partial charge on any atom is -0.351 e. The molecule has 1 aromatic rings. The van der Waals surface area contributed by atoms with Gasteiger partial charge in [-0.1, -0.05) is 25.3 Å². The van der Waals surface area contributed by atoms with Crippen LogP contribution in [0.15, 0.2) is 17.5 Å². The summed E-state index contributed by atoms with van der Waals surface area (Å²) in [5.74, 6) is -0.225. The van der Waals surface area contributed by atoms with Gasteiger partial charge in [0.05, 0.1) is 16.9 Å². The van der Waals surface area contributed by atoms with Crippen molar-refractivity contribution >= 4 is 23.2 Å². The molecule has 2 amide bonds. The molecule has 1 atom stereocenters. The fraction of sp³-hybridized carbons (Fsp3) is 0.562. The van der Waals surface area contributed by atoms with E-state index < -0.39 is 0 Å². The van der Waals surface area contributed by atoms with Crippen LogP contribution >= 0.6 is 11.3 Å². The lowest BCUT2D eigenvalue weighted by molar-refractivity contribution is -0.126. The first-order chi connectivity index (χ1) is 10.7. The monoisotopic (exact) mass is 319 g/mol. The molecule has 1 aromatic heterocycles. The predicted molar refractivity (Wildman–Crippen MR) is 85.3 cm³/mol. The molecule has 0 bridgehead atoms. The Balaban J connectivity index is 1.95. The van der Waals surface area contributed by atoms with E-state index in [9.17, 15) is 9.59 Å². The van der Waals surface area contributed by atoms with Crippen LogP contribution in [0.3, 0.4) is 0 Å². The zero-order valence-electron chi connectivity index (χ0n) is 12.5. The van der Waals surface area contributed by atoms with Crippen LogP contribution in [0.2, 0.25) is 0 Å². The lowest BCUT2D eigenvalue weighted by atomic mass is 9.79. The largest absolute Gasteiger partial charge is 0.351 e. The highest BCUT2D eigenvalue weighted by Crippen LogP contribution is 2.30. The third-order valence-corrected chi connectivity index (χ3v) is 4.99. The maximum atomic E-state index is 12.3. The predicted octanol–water partition coefficient (Wildman–Crippen LogP) is 2.31. The van der Waals surface area contributed by atoms with E-state index in [4.69, 9.17) is 5.26 Å². The van der Waals surface area contributed by atoms with Gasteiger partial charge in [0, 0.05) is 6.54 Å². The number of carbonyl (C=O) groups excluding carboxylic acids is 2. The standard InChI is InChI=1S/C16H21N3O2S/c17-8-9-18-15(20)13(12-5-2-1-3-6-12)11-19-16(21)14-7-4-10-22-14/h4,7,10,12-13H,1-3,5-6,9,11H2,(H,18,20)(H,19,21). The summed E-state index contributed by atoms with van der Waals surface area (Å²) >= 11 is 1.38. The van der Waals surface area contributed by atoms with Gasteiger partial charge < -0.3 is 10.6 Å². The maximum Gasteiger partial charge on any atom is 0.261 e. The van der Waals surface area contributed by atoms with Crippen molar-refractivity contribution in [2.75, 3.05) is 13.1 Å². The average molecular weight is 319 g/mol. The first-order valence-corrected chi connectivity index (χ1v) is 8.56. The molecule has 2 N–H and O–H groups in total. The molecule has 1 aliphatic carbocycles. The van der Waals surface area contributed by atoms with Crippen LogP contribution in [0.5, 0.6) is 0 Å². The van der Waals surface area contributed by atoms with Gasteiger partial charge in [-0.05, 0) is 30.2 Å². The SMILES string of the molecule is N#CCNC(=O)C(CNC(=O)c1cccs1)C1CCCCC1. The molecule has 0 aromatic carbocycles. The molecule has 1 heterocycles. The van der Waals surface area contributed by atoms with Crippen molar-refractivity contribution in [3.63, 3.8) is 0 Å². The molecule has 0 aliphatic heterocycles. The van der Waals surface area contributed by atoms with Crippen LogP contribution < -0.4 is 10.6 Å². The van der Waals surface area contributed by atoms with E-state index in [2.05, 4.69) is 10.6 Å². The summed E-state index contributed by atoms with van der Waals surface area (Å²) in [6.07, 6.45) is 5.50. The molecule has 5 nitrogen and oxygen atoms in total. The van der Waals surface area contributed by atoms with E-state index in [0.29, 0.717) is 11.4 Å². The Morgan fingerprint density at radius 1 is 1.32 bits per heavy atom. The highest BCUT2D eigenvalue weighted by atomic mass is 32.1. The summed E-state index contributed by atoms with van der Waals surface area (Å²) in [4.78, 5) is 25.0. The van der Waals surface area contributed by atoms with Crippen LogP contribution in [0.4, 0.5) is 0 Å². The number of nitriles is 1. The summed E-state index contributed by atoms with van der Waals surface area (Å²) < 4.78 is 0. The van der Waals surface area contributed by atoms with Gasteiger partial charge in [-0.2, -0.15) is 5.26 Å². The molecular formula is C16H21N3O2S. The second kappa shape index (κ2) is 8.54. The molecule has 0 saturated heterocycles. The maximum absolute atomic E-state index is 12.3. The van der Waals surface area contributed by atoms with E-state index in [0.717, 1.165) is 25.7 Å². The van der Waals surface area contributed by atoms with Crippen molar-refractivity contribution in [1.82, 2.24) is 10.6 Å². The van der Waals surface area contributed by atoms with Crippen LogP contribution in [0.1, 0.15) is 41.8 Å². The van der Waals surface area contributed by atoms with E-state index in [-0.39, 0.29) is 30.2 Å². The fourth-order valence-corrected chi connectivity index (χ4v) is 3.61. The van der Waals surface area contributed by atoms with E-state index in [1.807, 2.05) is 17.5 Å². The number of carbonyl (C=O) groups is 2. The Kier molecular flexibility index (Phi) is 6.41. The fourth-order valence-electron chi connectivity index (χ4n) is 2.97. The van der Waals surface area contributed by atoms with Crippen LogP contribution in [0, 0.1) is 23.2 Å². The summed E-state index contributed by atoms with van der Waals surface area (Å²) in [5.41, 5.74) is 0. The zero-order valence-corrected chi connectivity index (χ0v) is 13.3. The van der Waals surface area contributed by atoms with E-state index in [1.165, 1.54) is 17.8 Å². The number of thiophene rings is 1. The molecule has 1 unspecified atom stereocenters. The van der Waals surface area contributed by atoms with Gasteiger partial charge in [0.25, 0.3) is 5.91 Å². The van der Waals surface area contributed by atoms with Gasteiger partial charge >= 0.3 is 0 Å². The zero-order chi connectivity index (χ0) is 15.8. The number of rotatable bonds is 6. The lowest BCUT2D eigenvalue weighted by Gasteiger charge is -2.29. The van der Waals surface area contributed by atoms with Crippen molar-refractivity contribution in [2.24, 2.45) is 11.8 Å². The third-order valence-electron chi connectivity index (χ3n) is 4.12. The molecule has 1 fully saturated rings. The summed E-state index contributed by atoms with van der Waals surface area (Å²) in [6, 6.07) is 5.53. The topological polar surface area (TPSA) is 82.0 Å². The van der Waals surface area contributed by atoms with Crippen LogP contribution in [0.25, 0.3) is 0 Å². The van der Waals surface area contributed by atoms with Crippen molar-refractivity contribution < 1.29 is 9.59 Å². The highest BCUT2D eigenvalue weighted by Gasteiger charge is 2.29. The van der Waals surface area contributed by atoms with Crippen molar-refractivity contribution in [3.8, 4) is 6.07 Å². The number of hydrogen-bond acceptors (Lipinski definition) is 4. The molecule has 2 rings (SSSR count). The Morgan fingerprint density at radius 2 is 2.09 bits per heavy atom. The number of hydrogen-bond donors (Lipinski definition) is 2. The molecule has 118 valence electrons. The Morgan fingerprint density at radius 3 is 2.73 bits per heavy atom. The minimum absolute atomic E-state index is 0.0148. The average Bonchev–Trinajstić information content (AvgIpc) is 3.08. The molecule has 1 aliphatic rings. The Labute approximate surface area is 134 Å². The molecule has 6 heteroatoms. The normalized spacial score (nSPS) is 16.5. The molecule has 0 radical (unpaired) electrons. The first-order valence-electron chi connectivity index (χ1n) is 7.68. The van der Waals surface area contributed by atoms with Gasteiger partial charge in [-0.15, -0.1) is 11.3 Å². The second-order valence-corrected chi connectivity index (χ2v) is 6.52. The van der Waals surface area contributed by atoms with Gasteiger partial charge in [-0.3, -0.25) is 9.59 Å². The van der Waals surface area contributed by atoms with Crippen LogP contribution in [-0.4, -0.2) is 24.9 Å². The quantitative estimate of drug-likeness (QED) is 0.789. The smallest absolute Gasteiger partial charge is 0.261 e. The molecule has 22 heavy (non-hydrogen) atoms. The second-order valence-electron chi connectivity index (χ2n) is 5.57. The minimum atomic E-state index is -0.252. The lowest BCUT2D eigenvalue weighted by Crippen LogP contribution is -2.43. The number of amides is 2. The molecular weight excluding hydrogens is 298 g/mol. The van der Waals surface area contributed by atoms with Crippen molar-refractivity contribution in [1.29, 1.82) is 5.26 Å². The van der Waals surface area contributed by atoms with Crippen molar-refractivity contribution in [2.45, 2.75) is 32.1 Å². The highest BCUT2D eigenvalue weighted by molar-refractivity contribution is 7.12. The first kappa shape index (κ1) is 16.5. The van der Waals surface area contributed by atoms with Crippen LogP contribution in [-0.2, 0) is 4.79 Å². The third kappa shape index (κ3) is 4.57. The Hall–Kier alpha value is -1.87. The molecule has 0 spiro atoms. The van der Waals surface area contributed by atoms with Gasteiger partial charge in [-0.25, -0.2) is 0 Å².